The molecule has 0 aromatic heterocycles. The molecule has 0 saturated heterocycles. The number of amidine groups is 1. The van der Waals surface area contributed by atoms with E-state index in [4.69, 9.17) is 5.41 Å². The van der Waals surface area contributed by atoms with Crippen LogP contribution in [0.4, 0.5) is 0 Å². The van der Waals surface area contributed by atoms with Gasteiger partial charge in [-0.1, -0.05) is 66.7 Å². The molecule has 0 atom stereocenters. The third-order valence-corrected chi connectivity index (χ3v) is 3.73. The minimum atomic E-state index is 0.324. The van der Waals surface area contributed by atoms with Gasteiger partial charge in [0.05, 0.1) is 6.21 Å². The minimum absolute atomic E-state index is 0.324. The number of hydrogen-bond acceptors (Lipinski definition) is 2. The van der Waals surface area contributed by atoms with Crippen molar-refractivity contribution >= 4 is 17.6 Å². The van der Waals surface area contributed by atoms with Crippen molar-refractivity contribution < 1.29 is 0 Å². The van der Waals surface area contributed by atoms with Crippen LogP contribution < -0.4 is 5.43 Å². The zero-order valence-corrected chi connectivity index (χ0v) is 12.9. The van der Waals surface area contributed by atoms with Crippen molar-refractivity contribution in [3.8, 4) is 0 Å². The fourth-order valence-electron chi connectivity index (χ4n) is 2.53. The van der Waals surface area contributed by atoms with Crippen molar-refractivity contribution in [2.75, 3.05) is 0 Å². The van der Waals surface area contributed by atoms with Crippen LogP contribution in [0, 0.1) is 5.41 Å². The fourth-order valence-corrected chi connectivity index (χ4v) is 2.53. The van der Waals surface area contributed by atoms with Crippen LogP contribution in [0.25, 0.3) is 5.57 Å². The lowest BCUT2D eigenvalue weighted by atomic mass is 9.93. The lowest BCUT2D eigenvalue weighted by Crippen LogP contribution is -2.19. The summed E-state index contributed by atoms with van der Waals surface area (Å²) in [6, 6.07) is 20.2. The molecular formula is C20H19N3. The zero-order valence-electron chi connectivity index (χ0n) is 12.9. The second-order valence-electron chi connectivity index (χ2n) is 5.39. The largest absolute Gasteiger partial charge is 0.283 e. The average molecular weight is 301 g/mol. The fraction of sp³-hybridized carbons (Fsp3) is 0.100. The summed E-state index contributed by atoms with van der Waals surface area (Å²) in [6.45, 7) is 0. The first-order valence-corrected chi connectivity index (χ1v) is 7.72. The second kappa shape index (κ2) is 7.36. The Balaban J connectivity index is 1.67. The number of benzene rings is 2. The van der Waals surface area contributed by atoms with Crippen LogP contribution >= 0.6 is 0 Å². The van der Waals surface area contributed by atoms with Gasteiger partial charge in [0.15, 0.2) is 0 Å². The van der Waals surface area contributed by atoms with E-state index in [-0.39, 0.29) is 0 Å². The lowest BCUT2D eigenvalue weighted by molar-refractivity contribution is 0.998. The average Bonchev–Trinajstić information content (AvgIpc) is 2.63. The van der Waals surface area contributed by atoms with E-state index >= 15 is 0 Å². The molecule has 0 aliphatic heterocycles. The van der Waals surface area contributed by atoms with Gasteiger partial charge in [-0.15, -0.1) is 0 Å². The molecule has 2 aromatic rings. The Labute approximate surface area is 136 Å². The summed E-state index contributed by atoms with van der Waals surface area (Å²) in [7, 11) is 0. The summed E-state index contributed by atoms with van der Waals surface area (Å²) in [4.78, 5) is 0. The molecule has 3 rings (SSSR count). The second-order valence-corrected chi connectivity index (χ2v) is 5.39. The first-order chi connectivity index (χ1) is 11.3. The van der Waals surface area contributed by atoms with Crippen LogP contribution in [0.15, 0.2) is 83.5 Å². The number of allylic oxidation sites excluding steroid dienone is 2. The summed E-state index contributed by atoms with van der Waals surface area (Å²) < 4.78 is 0. The molecule has 1 aliphatic rings. The van der Waals surface area contributed by atoms with Crippen LogP contribution in [0.2, 0.25) is 0 Å². The number of hydrazone groups is 1. The number of hydrogen-bond donors (Lipinski definition) is 2. The zero-order chi connectivity index (χ0) is 15.9. The van der Waals surface area contributed by atoms with Gasteiger partial charge in [-0.3, -0.25) is 10.8 Å². The highest BCUT2D eigenvalue weighted by Crippen LogP contribution is 2.26. The number of rotatable bonds is 4. The molecule has 0 unspecified atom stereocenters. The van der Waals surface area contributed by atoms with E-state index in [1.807, 2.05) is 48.5 Å². The Hall–Kier alpha value is -2.94. The van der Waals surface area contributed by atoms with Gasteiger partial charge in [0, 0.05) is 5.57 Å². The molecule has 0 amide bonds. The van der Waals surface area contributed by atoms with Crippen molar-refractivity contribution in [3.05, 3.63) is 89.5 Å². The predicted molar refractivity (Wildman–Crippen MR) is 96.6 cm³/mol. The van der Waals surface area contributed by atoms with Crippen LogP contribution in [0.5, 0.6) is 0 Å². The Morgan fingerprint density at radius 2 is 1.70 bits per heavy atom. The summed E-state index contributed by atoms with van der Waals surface area (Å²) in [5.41, 5.74) is 7.19. The van der Waals surface area contributed by atoms with Crippen LogP contribution in [0.3, 0.4) is 0 Å². The molecule has 2 aromatic carbocycles. The number of nitrogens with zero attached hydrogens (tertiary/aromatic N) is 1. The maximum Gasteiger partial charge on any atom is 0.145 e. The first kappa shape index (κ1) is 15.0. The summed E-state index contributed by atoms with van der Waals surface area (Å²) in [6.07, 6.45) is 7.84. The highest BCUT2D eigenvalue weighted by Gasteiger charge is 2.10. The quantitative estimate of drug-likeness (QED) is 0.491. The third kappa shape index (κ3) is 4.04. The molecule has 3 heteroatoms. The molecule has 0 spiro atoms. The maximum absolute atomic E-state index is 8.16. The first-order valence-electron chi connectivity index (χ1n) is 7.72. The highest BCUT2D eigenvalue weighted by atomic mass is 15.3. The topological polar surface area (TPSA) is 48.2 Å². The molecule has 0 radical (unpaired) electrons. The van der Waals surface area contributed by atoms with Gasteiger partial charge in [0.2, 0.25) is 0 Å². The van der Waals surface area contributed by atoms with Gasteiger partial charge >= 0.3 is 0 Å². The van der Waals surface area contributed by atoms with Crippen molar-refractivity contribution in [1.82, 2.24) is 5.43 Å². The van der Waals surface area contributed by atoms with Gasteiger partial charge in [-0.05, 0) is 35.6 Å². The van der Waals surface area contributed by atoms with E-state index < -0.39 is 0 Å². The van der Waals surface area contributed by atoms with Gasteiger partial charge in [0.1, 0.15) is 5.84 Å². The Kier molecular flexibility index (Phi) is 4.79. The van der Waals surface area contributed by atoms with Crippen LogP contribution in [-0.2, 0) is 0 Å². The highest BCUT2D eigenvalue weighted by molar-refractivity contribution is 6.01. The molecule has 0 bridgehead atoms. The van der Waals surface area contributed by atoms with E-state index in [9.17, 15) is 0 Å². The summed E-state index contributed by atoms with van der Waals surface area (Å²) >= 11 is 0. The van der Waals surface area contributed by atoms with Gasteiger partial charge in [0.25, 0.3) is 0 Å². The van der Waals surface area contributed by atoms with Gasteiger partial charge in [-0.2, -0.15) is 5.10 Å². The van der Waals surface area contributed by atoms with Crippen molar-refractivity contribution in [2.45, 2.75) is 12.8 Å². The van der Waals surface area contributed by atoms with E-state index in [1.165, 1.54) is 11.1 Å². The standard InChI is InChI=1S/C20H19N3/c21-20(23-22-15-16-8-3-1-4-9-16)19-13-7-12-18(14-19)17-10-5-2-6-11-17/h1-6,8-11,13-15H,7,12H2,(H2,21,23). The van der Waals surface area contributed by atoms with Crippen LogP contribution in [0.1, 0.15) is 24.0 Å². The molecular weight excluding hydrogens is 282 g/mol. The minimum Gasteiger partial charge on any atom is -0.283 e. The van der Waals surface area contributed by atoms with E-state index in [1.54, 1.807) is 6.21 Å². The SMILES string of the molecule is N=C(NN=Cc1ccccc1)C1=CCCC(c2ccccc2)=C1. The number of nitrogens with one attached hydrogen (secondary N) is 2. The summed E-state index contributed by atoms with van der Waals surface area (Å²) in [5.74, 6) is 0.324. The molecule has 0 heterocycles. The molecule has 2 N–H and O–H groups in total. The predicted octanol–water partition coefficient (Wildman–Crippen LogP) is 4.39. The van der Waals surface area contributed by atoms with Crippen molar-refractivity contribution in [2.24, 2.45) is 5.10 Å². The normalized spacial score (nSPS) is 14.3. The molecule has 114 valence electrons. The van der Waals surface area contributed by atoms with Crippen molar-refractivity contribution in [1.29, 1.82) is 5.41 Å². The van der Waals surface area contributed by atoms with Crippen LogP contribution in [-0.4, -0.2) is 12.1 Å². The molecule has 0 fully saturated rings. The van der Waals surface area contributed by atoms with Gasteiger partial charge < -0.3 is 0 Å². The molecule has 3 nitrogen and oxygen atoms in total. The molecule has 1 aliphatic carbocycles. The Morgan fingerprint density at radius 3 is 2.43 bits per heavy atom. The van der Waals surface area contributed by atoms with Crippen molar-refractivity contribution in [3.63, 3.8) is 0 Å². The van der Waals surface area contributed by atoms with E-state index in [0.717, 1.165) is 24.0 Å². The lowest BCUT2D eigenvalue weighted by Gasteiger charge is -2.14. The Bertz CT molecular complexity index is 756. The van der Waals surface area contributed by atoms with Gasteiger partial charge in [-0.25, -0.2) is 0 Å². The third-order valence-electron chi connectivity index (χ3n) is 3.73. The van der Waals surface area contributed by atoms with E-state index in [0.29, 0.717) is 5.84 Å². The van der Waals surface area contributed by atoms with E-state index in [2.05, 4.69) is 34.8 Å². The summed E-state index contributed by atoms with van der Waals surface area (Å²) in [5, 5.41) is 12.3. The molecule has 23 heavy (non-hydrogen) atoms. The molecule has 0 saturated carbocycles. The Morgan fingerprint density at radius 1 is 1.00 bits per heavy atom. The smallest absolute Gasteiger partial charge is 0.145 e. The maximum atomic E-state index is 8.16. The monoisotopic (exact) mass is 301 g/mol.